The van der Waals surface area contributed by atoms with E-state index in [0.717, 1.165) is 11.1 Å². The third-order valence-electron chi connectivity index (χ3n) is 2.64. The molecule has 0 bridgehead atoms. The van der Waals surface area contributed by atoms with Crippen molar-refractivity contribution in [3.63, 3.8) is 0 Å². The second-order valence-corrected chi connectivity index (χ2v) is 4.31. The zero-order valence-corrected chi connectivity index (χ0v) is 10.3. The Balaban J connectivity index is 2.57. The normalized spacial score (nSPS) is 10.3. The number of carboxylic acid groups (broad SMARTS) is 1. The van der Waals surface area contributed by atoms with Gasteiger partial charge in [-0.05, 0) is 35.7 Å². The molecule has 0 saturated carbocycles. The molecule has 0 fully saturated rings. The number of aryl methyl sites for hydroxylation is 1. The Kier molecular flexibility index (Phi) is 3.21. The highest BCUT2D eigenvalue weighted by Crippen LogP contribution is 2.24. The maximum atomic E-state index is 11.3. The van der Waals surface area contributed by atoms with Crippen LogP contribution < -0.4 is 5.56 Å². The number of pyridine rings is 1. The van der Waals surface area contributed by atoms with Crippen molar-refractivity contribution in [2.24, 2.45) is 0 Å². The number of H-pyrrole nitrogens is 1. The highest BCUT2D eigenvalue weighted by atomic mass is 35.5. The smallest absolute Gasteiger partial charge is 0.341 e. The second-order valence-electron chi connectivity index (χ2n) is 3.90. The minimum absolute atomic E-state index is 0.288. The van der Waals surface area contributed by atoms with Crippen molar-refractivity contribution in [1.29, 1.82) is 0 Å². The van der Waals surface area contributed by atoms with Crippen LogP contribution >= 0.6 is 11.6 Å². The van der Waals surface area contributed by atoms with Crippen LogP contribution in [0.15, 0.2) is 35.3 Å². The maximum Gasteiger partial charge on any atom is 0.341 e. The quantitative estimate of drug-likeness (QED) is 0.875. The first-order valence-electron chi connectivity index (χ1n) is 5.21. The molecule has 2 rings (SSSR count). The molecular weight excluding hydrogens is 254 g/mol. The van der Waals surface area contributed by atoms with Gasteiger partial charge in [0.05, 0.1) is 0 Å². The van der Waals surface area contributed by atoms with Crippen molar-refractivity contribution in [3.8, 4) is 11.1 Å². The molecule has 2 N–H and O–H groups in total. The van der Waals surface area contributed by atoms with E-state index < -0.39 is 11.5 Å². The van der Waals surface area contributed by atoms with Gasteiger partial charge in [-0.3, -0.25) is 4.79 Å². The largest absolute Gasteiger partial charge is 0.477 e. The molecule has 0 aliphatic heterocycles. The summed E-state index contributed by atoms with van der Waals surface area (Å²) in [6.45, 7) is 1.88. The summed E-state index contributed by atoms with van der Waals surface area (Å²) >= 11 is 6.01. The zero-order valence-electron chi connectivity index (χ0n) is 9.53. The summed E-state index contributed by atoms with van der Waals surface area (Å²) in [7, 11) is 0. The van der Waals surface area contributed by atoms with Crippen LogP contribution in [-0.2, 0) is 0 Å². The van der Waals surface area contributed by atoms with Gasteiger partial charge in [0.25, 0.3) is 5.56 Å². The molecule has 1 aromatic heterocycles. The number of hydrogen-bond donors (Lipinski definition) is 2. The van der Waals surface area contributed by atoms with E-state index in [9.17, 15) is 9.59 Å². The second kappa shape index (κ2) is 4.66. The Morgan fingerprint density at radius 2 is 2.00 bits per heavy atom. The topological polar surface area (TPSA) is 70.2 Å². The maximum absolute atomic E-state index is 11.3. The van der Waals surface area contributed by atoms with Crippen LogP contribution in [0.5, 0.6) is 0 Å². The van der Waals surface area contributed by atoms with Gasteiger partial charge in [0.15, 0.2) is 0 Å². The zero-order chi connectivity index (χ0) is 13.3. The van der Waals surface area contributed by atoms with Gasteiger partial charge in [-0.25, -0.2) is 4.79 Å². The van der Waals surface area contributed by atoms with Crippen molar-refractivity contribution in [2.45, 2.75) is 6.92 Å². The van der Waals surface area contributed by atoms with E-state index in [4.69, 9.17) is 16.7 Å². The molecule has 0 aliphatic rings. The van der Waals surface area contributed by atoms with Gasteiger partial charge < -0.3 is 10.1 Å². The highest BCUT2D eigenvalue weighted by Gasteiger charge is 2.10. The summed E-state index contributed by atoms with van der Waals surface area (Å²) in [6.07, 6.45) is 1.47. The first-order chi connectivity index (χ1) is 8.49. The fourth-order valence-electron chi connectivity index (χ4n) is 1.58. The number of nitrogens with one attached hydrogen (secondary N) is 1. The van der Waals surface area contributed by atoms with Crippen molar-refractivity contribution in [3.05, 3.63) is 57.0 Å². The number of aromatic carboxylic acids is 1. The molecule has 0 atom stereocenters. The van der Waals surface area contributed by atoms with Crippen LogP contribution in [-0.4, -0.2) is 16.1 Å². The Bertz CT molecular complexity index is 676. The molecule has 0 amide bonds. The summed E-state index contributed by atoms with van der Waals surface area (Å²) in [6, 6.07) is 6.72. The van der Waals surface area contributed by atoms with E-state index in [2.05, 4.69) is 4.98 Å². The van der Waals surface area contributed by atoms with Crippen LogP contribution in [0.3, 0.4) is 0 Å². The van der Waals surface area contributed by atoms with Crippen molar-refractivity contribution in [1.82, 2.24) is 4.98 Å². The van der Waals surface area contributed by atoms with Crippen LogP contribution in [0.25, 0.3) is 11.1 Å². The van der Waals surface area contributed by atoms with Crippen LogP contribution in [0.1, 0.15) is 15.9 Å². The Morgan fingerprint density at radius 1 is 1.28 bits per heavy atom. The number of hydrogen-bond acceptors (Lipinski definition) is 2. The average Bonchev–Trinajstić information content (AvgIpc) is 2.33. The predicted molar refractivity (Wildman–Crippen MR) is 69.2 cm³/mol. The average molecular weight is 264 g/mol. The Hall–Kier alpha value is -2.07. The van der Waals surface area contributed by atoms with Crippen LogP contribution in [0.4, 0.5) is 0 Å². The lowest BCUT2D eigenvalue weighted by atomic mass is 10.0. The highest BCUT2D eigenvalue weighted by molar-refractivity contribution is 6.31. The molecule has 0 aliphatic carbocycles. The van der Waals surface area contributed by atoms with Crippen molar-refractivity contribution < 1.29 is 9.90 Å². The molecule has 1 aromatic carbocycles. The number of carboxylic acids is 1. The molecule has 0 saturated heterocycles. The fourth-order valence-corrected chi connectivity index (χ4v) is 1.76. The summed E-state index contributed by atoms with van der Waals surface area (Å²) in [5.74, 6) is -1.25. The summed E-state index contributed by atoms with van der Waals surface area (Å²) in [5, 5.41) is 9.48. The summed E-state index contributed by atoms with van der Waals surface area (Å²) in [4.78, 5) is 24.6. The Morgan fingerprint density at radius 3 is 2.61 bits per heavy atom. The standard InChI is InChI=1S/C13H10ClNO3/c1-7-2-3-8(5-11(7)14)9-4-10(13(17)18)12(16)15-6-9/h2-6H,1H3,(H,15,16)(H,17,18). The first-order valence-corrected chi connectivity index (χ1v) is 5.59. The van der Waals surface area contributed by atoms with Gasteiger partial charge in [-0.1, -0.05) is 23.7 Å². The van der Waals surface area contributed by atoms with Crippen LogP contribution in [0, 0.1) is 6.92 Å². The van der Waals surface area contributed by atoms with E-state index in [1.807, 2.05) is 19.1 Å². The van der Waals surface area contributed by atoms with Gasteiger partial charge in [-0.2, -0.15) is 0 Å². The SMILES string of the molecule is Cc1ccc(-c2c[nH]c(=O)c(C(=O)O)c2)cc1Cl. The molecule has 18 heavy (non-hydrogen) atoms. The molecule has 1 heterocycles. The van der Waals surface area contributed by atoms with Gasteiger partial charge >= 0.3 is 5.97 Å². The minimum Gasteiger partial charge on any atom is -0.477 e. The van der Waals surface area contributed by atoms with Crippen molar-refractivity contribution in [2.75, 3.05) is 0 Å². The number of carbonyl (C=O) groups is 1. The van der Waals surface area contributed by atoms with E-state index >= 15 is 0 Å². The lowest BCUT2D eigenvalue weighted by Gasteiger charge is -2.05. The molecule has 2 aromatic rings. The molecule has 4 nitrogen and oxygen atoms in total. The molecule has 0 spiro atoms. The van der Waals surface area contributed by atoms with Gasteiger partial charge in [0.1, 0.15) is 5.56 Å². The molecule has 0 unspecified atom stereocenters. The monoisotopic (exact) mass is 263 g/mol. The Labute approximate surface area is 108 Å². The van der Waals surface area contributed by atoms with Gasteiger partial charge in [0.2, 0.25) is 0 Å². The lowest BCUT2D eigenvalue weighted by Crippen LogP contribution is -2.16. The van der Waals surface area contributed by atoms with Gasteiger partial charge in [-0.15, -0.1) is 0 Å². The number of rotatable bonds is 2. The molecular formula is C13H10ClNO3. The first kappa shape index (κ1) is 12.4. The van der Waals surface area contributed by atoms with Crippen molar-refractivity contribution >= 4 is 17.6 Å². The summed E-state index contributed by atoms with van der Waals surface area (Å²) < 4.78 is 0. The van der Waals surface area contributed by atoms with E-state index in [-0.39, 0.29) is 5.56 Å². The number of benzene rings is 1. The van der Waals surface area contributed by atoms with E-state index in [1.165, 1.54) is 12.3 Å². The third-order valence-corrected chi connectivity index (χ3v) is 3.05. The van der Waals surface area contributed by atoms with Crippen LogP contribution in [0.2, 0.25) is 5.02 Å². The minimum atomic E-state index is -1.25. The molecule has 5 heteroatoms. The number of aromatic amines is 1. The fraction of sp³-hybridized carbons (Fsp3) is 0.0769. The molecule has 92 valence electrons. The van der Waals surface area contributed by atoms with E-state index in [0.29, 0.717) is 10.6 Å². The third kappa shape index (κ3) is 2.28. The number of halogens is 1. The summed E-state index contributed by atoms with van der Waals surface area (Å²) in [5.41, 5.74) is 1.38. The van der Waals surface area contributed by atoms with Gasteiger partial charge in [0, 0.05) is 11.2 Å². The predicted octanol–water partition coefficient (Wildman–Crippen LogP) is 2.70. The molecule has 0 radical (unpaired) electrons. The lowest BCUT2D eigenvalue weighted by molar-refractivity contribution is 0.0695. The van der Waals surface area contributed by atoms with E-state index in [1.54, 1.807) is 6.07 Å². The number of aromatic nitrogens is 1.